The Hall–Kier alpha value is -2.33. The van der Waals surface area contributed by atoms with Crippen molar-refractivity contribution in [2.24, 2.45) is 0 Å². The molecule has 2 aromatic rings. The average molecular weight is 415 g/mol. The van der Waals surface area contributed by atoms with Crippen molar-refractivity contribution in [2.45, 2.75) is 52.0 Å². The molecule has 0 saturated heterocycles. The van der Waals surface area contributed by atoms with Gasteiger partial charge in [-0.2, -0.15) is 0 Å². The molecule has 0 unspecified atom stereocenters. The van der Waals surface area contributed by atoms with Gasteiger partial charge in [0.15, 0.2) is 0 Å². The normalized spacial score (nSPS) is 11.7. The van der Waals surface area contributed by atoms with Gasteiger partial charge in [-0.15, -0.1) is 0 Å². The van der Waals surface area contributed by atoms with Crippen molar-refractivity contribution in [2.75, 3.05) is 13.1 Å². The van der Waals surface area contributed by atoms with Crippen LogP contribution in [-0.4, -0.2) is 35.8 Å². The quantitative estimate of drug-likeness (QED) is 0.544. The lowest BCUT2D eigenvalue weighted by Gasteiger charge is -2.31. The van der Waals surface area contributed by atoms with Gasteiger partial charge in [0.1, 0.15) is 6.04 Å². The van der Waals surface area contributed by atoms with Crippen LogP contribution < -0.4 is 5.32 Å². The number of carbonyl (C=O) groups is 2. The van der Waals surface area contributed by atoms with Crippen molar-refractivity contribution in [3.8, 4) is 0 Å². The maximum absolute atomic E-state index is 13.2. The van der Waals surface area contributed by atoms with E-state index >= 15 is 0 Å². The van der Waals surface area contributed by atoms with Crippen molar-refractivity contribution < 1.29 is 9.59 Å². The Morgan fingerprint density at radius 2 is 1.76 bits per heavy atom. The molecule has 156 valence electrons. The highest BCUT2D eigenvalue weighted by atomic mass is 35.5. The fourth-order valence-corrected chi connectivity index (χ4v) is 3.54. The zero-order valence-corrected chi connectivity index (χ0v) is 18.1. The van der Waals surface area contributed by atoms with Crippen LogP contribution in [0.4, 0.5) is 0 Å². The highest BCUT2D eigenvalue weighted by molar-refractivity contribution is 6.30. The Morgan fingerprint density at radius 3 is 2.41 bits per heavy atom. The lowest BCUT2D eigenvalue weighted by molar-refractivity contribution is -0.140. The molecule has 0 heterocycles. The number of halogens is 1. The zero-order chi connectivity index (χ0) is 21.1. The Labute approximate surface area is 179 Å². The molecule has 1 N–H and O–H groups in total. The predicted molar refractivity (Wildman–Crippen MR) is 119 cm³/mol. The van der Waals surface area contributed by atoms with Gasteiger partial charge in [0.25, 0.3) is 0 Å². The molecule has 2 rings (SSSR count). The summed E-state index contributed by atoms with van der Waals surface area (Å²) in [4.78, 5) is 27.7. The number of unbranched alkanes of at least 4 members (excludes halogenated alkanes) is 1. The third-order valence-electron chi connectivity index (χ3n) is 4.94. The SMILES string of the molecule is CCCCNC(=O)[C@H](CC)N(CCc1ccccc1)C(=O)Cc1cccc(Cl)c1. The summed E-state index contributed by atoms with van der Waals surface area (Å²) in [5, 5.41) is 3.59. The Balaban J connectivity index is 2.15. The first-order valence-corrected chi connectivity index (χ1v) is 10.8. The molecule has 0 spiro atoms. The maximum atomic E-state index is 13.2. The van der Waals surface area contributed by atoms with Gasteiger partial charge in [-0.3, -0.25) is 9.59 Å². The Kier molecular flexibility index (Phi) is 9.72. The van der Waals surface area contributed by atoms with Crippen molar-refractivity contribution in [3.05, 3.63) is 70.7 Å². The molecule has 1 atom stereocenters. The standard InChI is InChI=1S/C24H31ClN2O2/c1-3-5-15-26-24(29)22(4-2)27(16-14-19-10-7-6-8-11-19)23(28)18-20-12-9-13-21(25)17-20/h6-13,17,22H,3-5,14-16,18H2,1-2H3,(H,26,29)/t22-/m0/s1. The van der Waals surface area contributed by atoms with Crippen molar-refractivity contribution in [3.63, 3.8) is 0 Å². The van der Waals surface area contributed by atoms with E-state index in [0.29, 0.717) is 31.0 Å². The number of carbonyl (C=O) groups excluding carboxylic acids is 2. The van der Waals surface area contributed by atoms with Gasteiger partial charge in [0.2, 0.25) is 11.8 Å². The molecule has 2 amide bonds. The fraction of sp³-hybridized carbons (Fsp3) is 0.417. The molecule has 2 aromatic carbocycles. The number of benzene rings is 2. The predicted octanol–water partition coefficient (Wildman–Crippen LogP) is 4.65. The third kappa shape index (κ3) is 7.54. The van der Waals surface area contributed by atoms with Crippen LogP contribution in [0, 0.1) is 0 Å². The van der Waals surface area contributed by atoms with Gasteiger partial charge in [0, 0.05) is 18.1 Å². The average Bonchev–Trinajstić information content (AvgIpc) is 2.71. The molecule has 29 heavy (non-hydrogen) atoms. The summed E-state index contributed by atoms with van der Waals surface area (Å²) >= 11 is 6.07. The molecule has 0 aliphatic carbocycles. The molecular formula is C24H31ClN2O2. The van der Waals surface area contributed by atoms with Gasteiger partial charge < -0.3 is 10.2 Å². The van der Waals surface area contributed by atoms with E-state index in [1.165, 1.54) is 0 Å². The number of hydrogen-bond acceptors (Lipinski definition) is 2. The highest BCUT2D eigenvalue weighted by Crippen LogP contribution is 2.15. The second kappa shape index (κ2) is 12.3. The highest BCUT2D eigenvalue weighted by Gasteiger charge is 2.28. The zero-order valence-electron chi connectivity index (χ0n) is 17.4. The molecule has 0 aliphatic heterocycles. The van der Waals surface area contributed by atoms with Crippen LogP contribution >= 0.6 is 11.6 Å². The second-order valence-corrected chi connectivity index (χ2v) is 7.63. The van der Waals surface area contributed by atoms with Crippen LogP contribution in [0.5, 0.6) is 0 Å². The molecule has 0 radical (unpaired) electrons. The molecular weight excluding hydrogens is 384 g/mol. The summed E-state index contributed by atoms with van der Waals surface area (Å²) in [6, 6.07) is 16.9. The van der Waals surface area contributed by atoms with Crippen molar-refractivity contribution in [1.29, 1.82) is 0 Å². The summed E-state index contributed by atoms with van der Waals surface area (Å²) < 4.78 is 0. The van der Waals surface area contributed by atoms with Crippen LogP contribution in [-0.2, 0) is 22.4 Å². The molecule has 0 bridgehead atoms. The molecule has 0 saturated carbocycles. The number of nitrogens with zero attached hydrogens (tertiary/aromatic N) is 1. The Morgan fingerprint density at radius 1 is 1.03 bits per heavy atom. The van der Waals surface area contributed by atoms with Gasteiger partial charge in [-0.05, 0) is 42.5 Å². The van der Waals surface area contributed by atoms with E-state index in [2.05, 4.69) is 12.2 Å². The fourth-order valence-electron chi connectivity index (χ4n) is 3.33. The van der Waals surface area contributed by atoms with E-state index in [4.69, 9.17) is 11.6 Å². The van der Waals surface area contributed by atoms with Crippen LogP contribution in [0.25, 0.3) is 0 Å². The molecule has 0 fully saturated rings. The summed E-state index contributed by atoms with van der Waals surface area (Å²) in [6.07, 6.45) is 3.47. The van der Waals surface area contributed by atoms with Gasteiger partial charge in [-0.1, -0.05) is 74.3 Å². The lowest BCUT2D eigenvalue weighted by Crippen LogP contribution is -2.50. The summed E-state index contributed by atoms with van der Waals surface area (Å²) in [7, 11) is 0. The number of amides is 2. The first-order chi connectivity index (χ1) is 14.0. The minimum Gasteiger partial charge on any atom is -0.354 e. The molecule has 4 nitrogen and oxygen atoms in total. The first kappa shape index (κ1) is 23.0. The molecule has 0 aromatic heterocycles. The molecule has 0 aliphatic rings. The summed E-state index contributed by atoms with van der Waals surface area (Å²) in [5.41, 5.74) is 2.00. The van der Waals surface area contributed by atoms with Crippen LogP contribution in [0.1, 0.15) is 44.2 Å². The molecule has 5 heteroatoms. The smallest absolute Gasteiger partial charge is 0.242 e. The maximum Gasteiger partial charge on any atom is 0.242 e. The topological polar surface area (TPSA) is 49.4 Å². The van der Waals surface area contributed by atoms with E-state index in [1.807, 2.05) is 49.4 Å². The van der Waals surface area contributed by atoms with Crippen LogP contribution in [0.3, 0.4) is 0 Å². The summed E-state index contributed by atoms with van der Waals surface area (Å²) in [6.45, 7) is 5.18. The third-order valence-corrected chi connectivity index (χ3v) is 5.18. The second-order valence-electron chi connectivity index (χ2n) is 7.20. The van der Waals surface area contributed by atoms with Crippen LogP contribution in [0.15, 0.2) is 54.6 Å². The van der Waals surface area contributed by atoms with E-state index < -0.39 is 6.04 Å². The first-order valence-electron chi connectivity index (χ1n) is 10.4. The van der Waals surface area contributed by atoms with Gasteiger partial charge in [0.05, 0.1) is 6.42 Å². The Bertz CT molecular complexity index is 779. The monoisotopic (exact) mass is 414 g/mol. The van der Waals surface area contributed by atoms with E-state index in [0.717, 1.165) is 24.0 Å². The summed E-state index contributed by atoms with van der Waals surface area (Å²) in [5.74, 6) is -0.130. The van der Waals surface area contributed by atoms with Crippen molar-refractivity contribution in [1.82, 2.24) is 10.2 Å². The largest absolute Gasteiger partial charge is 0.354 e. The minimum atomic E-state index is -0.470. The lowest BCUT2D eigenvalue weighted by atomic mass is 10.1. The van der Waals surface area contributed by atoms with E-state index in [1.54, 1.807) is 17.0 Å². The van der Waals surface area contributed by atoms with Crippen molar-refractivity contribution >= 4 is 23.4 Å². The van der Waals surface area contributed by atoms with E-state index in [9.17, 15) is 9.59 Å². The van der Waals surface area contributed by atoms with E-state index in [-0.39, 0.29) is 18.2 Å². The number of hydrogen-bond donors (Lipinski definition) is 1. The van der Waals surface area contributed by atoms with Crippen LogP contribution in [0.2, 0.25) is 5.02 Å². The number of nitrogens with one attached hydrogen (secondary N) is 1. The number of rotatable bonds is 11. The van der Waals surface area contributed by atoms with Gasteiger partial charge in [-0.25, -0.2) is 0 Å². The van der Waals surface area contributed by atoms with Gasteiger partial charge >= 0.3 is 0 Å². The minimum absolute atomic E-state index is 0.0549.